The molecule has 0 aromatic heterocycles. The van der Waals surface area contributed by atoms with Crippen LogP contribution in [0.4, 0.5) is 0 Å². The monoisotopic (exact) mass is 287 g/mol. The van der Waals surface area contributed by atoms with Gasteiger partial charge in [-0.2, -0.15) is 0 Å². The second-order valence-electron chi connectivity index (χ2n) is 6.08. The average molecular weight is 287 g/mol. The van der Waals surface area contributed by atoms with Gasteiger partial charge < -0.3 is 19.5 Å². The molecular formula is C16H33NO3. The van der Waals surface area contributed by atoms with E-state index in [9.17, 15) is 0 Å². The van der Waals surface area contributed by atoms with Crippen molar-refractivity contribution < 1.29 is 14.2 Å². The van der Waals surface area contributed by atoms with E-state index < -0.39 is 0 Å². The molecule has 120 valence electrons. The summed E-state index contributed by atoms with van der Waals surface area (Å²) in [4.78, 5) is 0. The molecule has 3 unspecified atom stereocenters. The summed E-state index contributed by atoms with van der Waals surface area (Å²) in [7, 11) is 3.74. The Balaban J connectivity index is 2.18. The summed E-state index contributed by atoms with van der Waals surface area (Å²) >= 11 is 0. The van der Waals surface area contributed by atoms with E-state index in [-0.39, 0.29) is 0 Å². The summed E-state index contributed by atoms with van der Waals surface area (Å²) < 4.78 is 16.5. The van der Waals surface area contributed by atoms with Crippen LogP contribution in [0.2, 0.25) is 0 Å². The maximum atomic E-state index is 6.10. The van der Waals surface area contributed by atoms with Gasteiger partial charge in [-0.25, -0.2) is 0 Å². The topological polar surface area (TPSA) is 39.7 Å². The lowest BCUT2D eigenvalue weighted by Crippen LogP contribution is -2.45. The van der Waals surface area contributed by atoms with Crippen molar-refractivity contribution >= 4 is 0 Å². The van der Waals surface area contributed by atoms with Gasteiger partial charge in [0, 0.05) is 26.4 Å². The van der Waals surface area contributed by atoms with Gasteiger partial charge in [0.2, 0.25) is 0 Å². The van der Waals surface area contributed by atoms with Crippen molar-refractivity contribution in [1.82, 2.24) is 5.32 Å². The molecule has 1 fully saturated rings. The molecule has 1 saturated carbocycles. The standard InChI is InChI=1S/C16H33NO3/c1-13(2)14-6-7-15(17-3)16(12-14)20-9-5-8-19-11-10-18-4/h13-17H,5-12H2,1-4H3. The molecule has 0 radical (unpaired) electrons. The van der Waals surface area contributed by atoms with E-state index in [0.717, 1.165) is 31.5 Å². The molecule has 20 heavy (non-hydrogen) atoms. The fourth-order valence-corrected chi connectivity index (χ4v) is 2.92. The Labute approximate surface area is 124 Å². The third-order valence-electron chi connectivity index (χ3n) is 4.34. The van der Waals surface area contributed by atoms with Crippen molar-refractivity contribution in [2.75, 3.05) is 40.6 Å². The van der Waals surface area contributed by atoms with Crippen molar-refractivity contribution in [3.63, 3.8) is 0 Å². The molecule has 1 aliphatic carbocycles. The third kappa shape index (κ3) is 6.53. The molecular weight excluding hydrogens is 254 g/mol. The van der Waals surface area contributed by atoms with Gasteiger partial charge in [-0.3, -0.25) is 0 Å². The van der Waals surface area contributed by atoms with Gasteiger partial charge in [-0.1, -0.05) is 13.8 Å². The van der Waals surface area contributed by atoms with Crippen LogP contribution in [-0.4, -0.2) is 52.7 Å². The highest BCUT2D eigenvalue weighted by Crippen LogP contribution is 2.31. The quantitative estimate of drug-likeness (QED) is 0.627. The zero-order valence-corrected chi connectivity index (χ0v) is 13.7. The van der Waals surface area contributed by atoms with E-state index in [0.29, 0.717) is 25.4 Å². The first-order valence-corrected chi connectivity index (χ1v) is 8.04. The van der Waals surface area contributed by atoms with E-state index in [1.54, 1.807) is 7.11 Å². The number of hydrogen-bond donors (Lipinski definition) is 1. The third-order valence-corrected chi connectivity index (χ3v) is 4.34. The highest BCUT2D eigenvalue weighted by atomic mass is 16.5. The minimum absolute atomic E-state index is 0.361. The van der Waals surface area contributed by atoms with Gasteiger partial charge >= 0.3 is 0 Å². The predicted octanol–water partition coefficient (Wildman–Crippen LogP) is 2.47. The molecule has 0 aliphatic heterocycles. The van der Waals surface area contributed by atoms with Gasteiger partial charge in [0.25, 0.3) is 0 Å². The van der Waals surface area contributed by atoms with Crippen LogP contribution < -0.4 is 5.32 Å². The Hall–Kier alpha value is -0.160. The largest absolute Gasteiger partial charge is 0.382 e. The van der Waals surface area contributed by atoms with Crippen LogP contribution in [0, 0.1) is 11.8 Å². The summed E-state index contributed by atoms with van der Waals surface area (Å²) in [5.74, 6) is 1.57. The lowest BCUT2D eigenvalue weighted by atomic mass is 9.78. The zero-order valence-electron chi connectivity index (χ0n) is 13.7. The highest BCUT2D eigenvalue weighted by Gasteiger charge is 2.31. The number of rotatable bonds is 10. The van der Waals surface area contributed by atoms with Crippen LogP contribution in [0.1, 0.15) is 39.5 Å². The van der Waals surface area contributed by atoms with Gasteiger partial charge in [-0.05, 0) is 44.6 Å². The summed E-state index contributed by atoms with van der Waals surface area (Å²) in [6, 6.07) is 0.513. The maximum absolute atomic E-state index is 6.10. The van der Waals surface area contributed by atoms with Crippen LogP contribution >= 0.6 is 0 Å². The number of hydrogen-bond acceptors (Lipinski definition) is 4. The summed E-state index contributed by atoms with van der Waals surface area (Å²) in [5, 5.41) is 3.41. The Bertz CT molecular complexity index is 236. The molecule has 1 rings (SSSR count). The lowest BCUT2D eigenvalue weighted by molar-refractivity contribution is -0.0247. The minimum atomic E-state index is 0.361. The molecule has 4 nitrogen and oxygen atoms in total. The van der Waals surface area contributed by atoms with Crippen LogP contribution in [0.5, 0.6) is 0 Å². The lowest BCUT2D eigenvalue weighted by Gasteiger charge is -2.37. The minimum Gasteiger partial charge on any atom is -0.382 e. The molecule has 1 aliphatic rings. The van der Waals surface area contributed by atoms with E-state index in [2.05, 4.69) is 19.2 Å². The fourth-order valence-electron chi connectivity index (χ4n) is 2.92. The second kappa shape index (κ2) is 10.6. The van der Waals surface area contributed by atoms with E-state index in [1.165, 1.54) is 19.3 Å². The van der Waals surface area contributed by atoms with Crippen molar-refractivity contribution in [2.24, 2.45) is 11.8 Å². The summed E-state index contributed by atoms with van der Waals surface area (Å²) in [6.45, 7) is 7.54. The summed E-state index contributed by atoms with van der Waals surface area (Å²) in [6.07, 6.45) is 5.06. The van der Waals surface area contributed by atoms with Crippen molar-refractivity contribution in [2.45, 2.75) is 51.7 Å². The number of nitrogens with one attached hydrogen (secondary N) is 1. The molecule has 0 saturated heterocycles. The first-order chi connectivity index (χ1) is 9.69. The Kier molecular flexibility index (Phi) is 9.44. The molecule has 0 amide bonds. The molecule has 0 aromatic carbocycles. The fraction of sp³-hybridized carbons (Fsp3) is 1.00. The molecule has 0 heterocycles. The number of ether oxygens (including phenoxy) is 3. The smallest absolute Gasteiger partial charge is 0.0730 e. The van der Waals surface area contributed by atoms with Gasteiger partial charge in [0.05, 0.1) is 19.3 Å². The average Bonchev–Trinajstić information content (AvgIpc) is 2.46. The predicted molar refractivity (Wildman–Crippen MR) is 82.1 cm³/mol. The molecule has 0 spiro atoms. The van der Waals surface area contributed by atoms with E-state index >= 15 is 0 Å². The maximum Gasteiger partial charge on any atom is 0.0730 e. The van der Waals surface area contributed by atoms with Crippen molar-refractivity contribution in [1.29, 1.82) is 0 Å². The first-order valence-electron chi connectivity index (χ1n) is 8.04. The van der Waals surface area contributed by atoms with Crippen molar-refractivity contribution in [3.8, 4) is 0 Å². The van der Waals surface area contributed by atoms with E-state index in [1.807, 2.05) is 7.05 Å². The number of likely N-dealkylation sites (N-methyl/N-ethyl adjacent to an activating group) is 1. The van der Waals surface area contributed by atoms with Crippen LogP contribution in [0.25, 0.3) is 0 Å². The van der Waals surface area contributed by atoms with Crippen LogP contribution in [0.15, 0.2) is 0 Å². The molecule has 4 heteroatoms. The first kappa shape index (κ1) is 17.9. The number of methoxy groups -OCH3 is 1. The summed E-state index contributed by atoms with van der Waals surface area (Å²) in [5.41, 5.74) is 0. The zero-order chi connectivity index (χ0) is 14.8. The highest BCUT2D eigenvalue weighted by molar-refractivity contribution is 4.86. The molecule has 0 bridgehead atoms. The van der Waals surface area contributed by atoms with Gasteiger partial charge in [0.1, 0.15) is 0 Å². The Morgan fingerprint density at radius 2 is 1.90 bits per heavy atom. The molecule has 0 aromatic rings. The van der Waals surface area contributed by atoms with Crippen LogP contribution in [-0.2, 0) is 14.2 Å². The Morgan fingerprint density at radius 3 is 2.55 bits per heavy atom. The molecule has 1 N–H and O–H groups in total. The normalized spacial score (nSPS) is 27.1. The van der Waals surface area contributed by atoms with Gasteiger partial charge in [0.15, 0.2) is 0 Å². The second-order valence-corrected chi connectivity index (χ2v) is 6.08. The van der Waals surface area contributed by atoms with E-state index in [4.69, 9.17) is 14.2 Å². The Morgan fingerprint density at radius 1 is 1.10 bits per heavy atom. The van der Waals surface area contributed by atoms with Gasteiger partial charge in [-0.15, -0.1) is 0 Å². The van der Waals surface area contributed by atoms with Crippen LogP contribution in [0.3, 0.4) is 0 Å². The molecule has 3 atom stereocenters. The SMILES string of the molecule is CNC1CCC(C(C)C)CC1OCCCOCCOC. The van der Waals surface area contributed by atoms with Crippen molar-refractivity contribution in [3.05, 3.63) is 0 Å².